The molecule has 6 atom stereocenters. The number of oxime groups is 1. The number of nitrogens with zero attached hydrogens (tertiary/aromatic N) is 3. The number of aromatic nitrogens is 2. The van der Waals surface area contributed by atoms with E-state index in [2.05, 4.69) is 27.2 Å². The van der Waals surface area contributed by atoms with Gasteiger partial charge < -0.3 is 26.5 Å². The Bertz CT molecular complexity index is 1410. The molecule has 2 aromatic carbocycles. The summed E-state index contributed by atoms with van der Waals surface area (Å²) in [5.74, 6) is 1.68. The van der Waals surface area contributed by atoms with E-state index in [0.29, 0.717) is 5.95 Å². The zero-order chi connectivity index (χ0) is 25.1. The molecule has 2 aliphatic heterocycles. The molecule has 9 nitrogen and oxygen atoms in total. The van der Waals surface area contributed by atoms with Gasteiger partial charge in [-0.15, -0.1) is 0 Å². The van der Waals surface area contributed by atoms with Gasteiger partial charge in [-0.25, -0.2) is 0 Å². The molecule has 7 rings (SSSR count). The van der Waals surface area contributed by atoms with Gasteiger partial charge in [-0.1, -0.05) is 47.6 Å². The minimum Gasteiger partial charge on any atom is -0.391 e. The fourth-order valence-electron chi connectivity index (χ4n) is 6.84. The molecule has 2 aliphatic carbocycles. The second-order valence-corrected chi connectivity index (χ2v) is 10.5. The van der Waals surface area contributed by atoms with E-state index in [1.54, 1.807) is 0 Å². The van der Waals surface area contributed by atoms with Crippen molar-refractivity contribution in [1.29, 1.82) is 0 Å². The highest BCUT2D eigenvalue weighted by Crippen LogP contribution is 2.57. The topological polar surface area (TPSA) is 127 Å². The highest BCUT2D eigenvalue weighted by atomic mass is 16.6. The van der Waals surface area contributed by atoms with Gasteiger partial charge in [0.25, 0.3) is 0 Å². The van der Waals surface area contributed by atoms with E-state index < -0.39 is 0 Å². The number of aryl methyl sites for hydroxylation is 1. The lowest BCUT2D eigenvalue weighted by atomic mass is 9.72. The van der Waals surface area contributed by atoms with Crippen LogP contribution in [-0.4, -0.2) is 40.3 Å². The van der Waals surface area contributed by atoms with E-state index >= 15 is 0 Å². The molecular weight excluding hydrogens is 466 g/mol. The van der Waals surface area contributed by atoms with Crippen LogP contribution in [0.15, 0.2) is 59.8 Å². The van der Waals surface area contributed by atoms with Crippen molar-refractivity contribution < 1.29 is 9.63 Å². The Hall–Kier alpha value is -4.14. The Morgan fingerprint density at radius 1 is 1.11 bits per heavy atom. The van der Waals surface area contributed by atoms with Gasteiger partial charge in [0, 0.05) is 35.7 Å². The van der Waals surface area contributed by atoms with Crippen LogP contribution in [0.4, 0.5) is 23.3 Å². The molecule has 37 heavy (non-hydrogen) atoms. The van der Waals surface area contributed by atoms with Crippen molar-refractivity contribution in [2.75, 3.05) is 22.5 Å². The smallest absolute Gasteiger partial charge is 0.231 e. The molecule has 2 bridgehead atoms. The Morgan fingerprint density at radius 2 is 1.97 bits per heavy atom. The summed E-state index contributed by atoms with van der Waals surface area (Å²) in [7, 11) is 0. The van der Waals surface area contributed by atoms with Gasteiger partial charge in [0.05, 0.1) is 11.6 Å². The third-order valence-electron chi connectivity index (χ3n) is 8.33. The second-order valence-electron chi connectivity index (χ2n) is 10.5. The number of fused-ring (bicyclic) bond motifs is 6. The summed E-state index contributed by atoms with van der Waals surface area (Å²) in [5.41, 5.74) is 11.1. The van der Waals surface area contributed by atoms with Crippen molar-refractivity contribution in [2.24, 2.45) is 34.6 Å². The molecule has 5 N–H and O–H groups in total. The summed E-state index contributed by atoms with van der Waals surface area (Å²) in [5, 5.41) is 14.8. The zero-order valence-electron chi connectivity index (χ0n) is 20.5. The van der Waals surface area contributed by atoms with Crippen LogP contribution in [0.25, 0.3) is 0 Å². The first-order chi connectivity index (χ1) is 18.1. The van der Waals surface area contributed by atoms with Gasteiger partial charge in [0.15, 0.2) is 0 Å². The summed E-state index contributed by atoms with van der Waals surface area (Å²) in [6.45, 7) is 2.85. The van der Waals surface area contributed by atoms with Crippen LogP contribution in [-0.2, 0) is 16.1 Å². The highest BCUT2D eigenvalue weighted by Gasteiger charge is 2.64. The van der Waals surface area contributed by atoms with E-state index in [0.717, 1.165) is 59.1 Å². The lowest BCUT2D eigenvalue weighted by Gasteiger charge is -2.36. The Kier molecular flexibility index (Phi) is 5.05. The van der Waals surface area contributed by atoms with Crippen LogP contribution in [0.2, 0.25) is 0 Å². The maximum absolute atomic E-state index is 12.8. The van der Waals surface area contributed by atoms with E-state index in [4.69, 9.17) is 20.5 Å². The Balaban J connectivity index is 1.19. The minimum atomic E-state index is -0.338. The van der Waals surface area contributed by atoms with E-state index in [1.165, 1.54) is 0 Å². The Labute approximate surface area is 214 Å². The monoisotopic (exact) mass is 495 g/mol. The van der Waals surface area contributed by atoms with E-state index in [-0.39, 0.29) is 41.7 Å². The lowest BCUT2D eigenvalue weighted by molar-refractivity contribution is -0.125. The number of benzene rings is 2. The Morgan fingerprint density at radius 3 is 2.78 bits per heavy atom. The maximum atomic E-state index is 12.8. The number of rotatable bonds is 6. The normalized spacial score (nSPS) is 28.6. The number of carbonyl (C=O) groups excluding carboxylic acids is 1. The molecule has 2 saturated carbocycles. The van der Waals surface area contributed by atoms with Gasteiger partial charge in [0.1, 0.15) is 17.7 Å². The minimum absolute atomic E-state index is 0.0688. The summed E-state index contributed by atoms with van der Waals surface area (Å²) in [6.07, 6.45) is 1.60. The summed E-state index contributed by atoms with van der Waals surface area (Å²) < 4.78 is 0. The standard InChI is InChI=1S/C28H29N7O2/c1-14-6-5-9-16(12-14)31-28-33-26-17(10-11-30-26)27(34-28)32-23-19-13-18(21(23)25(29)36)20-22(35-37-24(19)20)15-7-3-2-4-8-15/h2-9,12,18-21,23-24H,10-11,13H2,1H3,(H2,29,36)(H3,30,31,32,33,34). The molecule has 0 radical (unpaired) electrons. The second kappa shape index (κ2) is 8.47. The molecule has 2 fully saturated rings. The summed E-state index contributed by atoms with van der Waals surface area (Å²) in [4.78, 5) is 28.4. The highest BCUT2D eigenvalue weighted by molar-refractivity contribution is 6.04. The van der Waals surface area contributed by atoms with Crippen LogP contribution in [0.5, 0.6) is 0 Å². The number of amides is 1. The van der Waals surface area contributed by atoms with Gasteiger partial charge in [-0.05, 0) is 48.9 Å². The number of nitrogens with one attached hydrogen (secondary N) is 3. The summed E-state index contributed by atoms with van der Waals surface area (Å²) in [6, 6.07) is 18.0. The van der Waals surface area contributed by atoms with E-state index in [9.17, 15) is 4.79 Å². The molecular formula is C28H29N7O2. The number of hydrogen-bond acceptors (Lipinski definition) is 8. The summed E-state index contributed by atoms with van der Waals surface area (Å²) >= 11 is 0. The molecule has 0 saturated heterocycles. The molecule has 188 valence electrons. The number of primary amides is 1. The van der Waals surface area contributed by atoms with Crippen molar-refractivity contribution in [3.63, 3.8) is 0 Å². The molecule has 3 aromatic rings. The van der Waals surface area contributed by atoms with Gasteiger partial charge in [0.2, 0.25) is 11.9 Å². The number of hydrogen-bond donors (Lipinski definition) is 4. The van der Waals surface area contributed by atoms with Crippen molar-refractivity contribution >= 4 is 34.9 Å². The maximum Gasteiger partial charge on any atom is 0.231 e. The molecule has 1 aromatic heterocycles. The van der Waals surface area contributed by atoms with Crippen molar-refractivity contribution in [3.05, 3.63) is 71.3 Å². The first-order valence-electron chi connectivity index (χ1n) is 12.9. The first-order valence-corrected chi connectivity index (χ1v) is 12.9. The van der Waals surface area contributed by atoms with Crippen molar-refractivity contribution in [2.45, 2.75) is 31.9 Å². The molecule has 1 amide bonds. The van der Waals surface area contributed by atoms with Crippen LogP contribution in [0.3, 0.4) is 0 Å². The van der Waals surface area contributed by atoms with Crippen LogP contribution < -0.4 is 21.7 Å². The van der Waals surface area contributed by atoms with Gasteiger partial charge in [-0.2, -0.15) is 9.97 Å². The molecule has 3 heterocycles. The number of carbonyl (C=O) groups is 1. The van der Waals surface area contributed by atoms with Gasteiger partial charge >= 0.3 is 0 Å². The molecule has 4 aliphatic rings. The molecule has 0 spiro atoms. The van der Waals surface area contributed by atoms with E-state index in [1.807, 2.05) is 55.5 Å². The fraction of sp³-hybridized carbons (Fsp3) is 0.357. The van der Waals surface area contributed by atoms with Crippen LogP contribution in [0.1, 0.15) is 23.1 Å². The van der Waals surface area contributed by atoms with Crippen LogP contribution >= 0.6 is 0 Å². The average molecular weight is 496 g/mol. The quantitative estimate of drug-likeness (QED) is 0.413. The first kappa shape index (κ1) is 22.1. The predicted octanol–water partition coefficient (Wildman–Crippen LogP) is 3.45. The number of anilines is 4. The molecule has 6 unspecified atom stereocenters. The van der Waals surface area contributed by atoms with Gasteiger partial charge in [-0.3, -0.25) is 4.79 Å². The third kappa shape index (κ3) is 3.60. The molecule has 9 heteroatoms. The SMILES string of the molecule is Cc1cccc(Nc2nc3c(c(NC4C5CC(C4C(N)=O)C4C(c6ccccc6)=NOC54)n2)CCN3)c1. The average Bonchev–Trinajstić information content (AvgIpc) is 3.66. The van der Waals surface area contributed by atoms with Crippen molar-refractivity contribution in [1.82, 2.24) is 9.97 Å². The largest absolute Gasteiger partial charge is 0.391 e. The number of nitrogens with two attached hydrogens (primary N) is 1. The third-order valence-corrected chi connectivity index (χ3v) is 8.33. The zero-order valence-corrected chi connectivity index (χ0v) is 20.5. The fourth-order valence-corrected chi connectivity index (χ4v) is 6.84. The van der Waals surface area contributed by atoms with Crippen LogP contribution in [0, 0.1) is 30.6 Å². The lowest BCUT2D eigenvalue weighted by Crippen LogP contribution is -2.51. The van der Waals surface area contributed by atoms with Crippen molar-refractivity contribution in [3.8, 4) is 0 Å². The predicted molar refractivity (Wildman–Crippen MR) is 142 cm³/mol.